The number of hydrogen-bond acceptors (Lipinski definition) is 3. The van der Waals surface area contributed by atoms with Crippen molar-refractivity contribution in [1.29, 1.82) is 0 Å². The van der Waals surface area contributed by atoms with Gasteiger partial charge in [0.2, 0.25) is 0 Å². The standard InChI is InChI=1S/C12H18ClNO2/c1-3-15-12(16-4-2)9-14-11-7-5-6-10(13)8-11/h5-8,12,14H,3-4,9H2,1-2H3. The highest BCUT2D eigenvalue weighted by molar-refractivity contribution is 6.30. The maximum absolute atomic E-state index is 5.88. The van der Waals surface area contributed by atoms with Crippen LogP contribution in [0.3, 0.4) is 0 Å². The molecule has 0 saturated heterocycles. The predicted octanol–water partition coefficient (Wildman–Crippen LogP) is 3.15. The van der Waals surface area contributed by atoms with Crippen molar-refractivity contribution in [3.63, 3.8) is 0 Å². The zero-order valence-electron chi connectivity index (χ0n) is 9.70. The van der Waals surface area contributed by atoms with Crippen molar-refractivity contribution < 1.29 is 9.47 Å². The van der Waals surface area contributed by atoms with Crippen LogP contribution in [0, 0.1) is 0 Å². The Balaban J connectivity index is 2.41. The fourth-order valence-electron chi connectivity index (χ4n) is 1.34. The summed E-state index contributed by atoms with van der Waals surface area (Å²) in [4.78, 5) is 0. The summed E-state index contributed by atoms with van der Waals surface area (Å²) in [7, 11) is 0. The number of nitrogens with one attached hydrogen (secondary N) is 1. The van der Waals surface area contributed by atoms with Gasteiger partial charge in [0.25, 0.3) is 0 Å². The van der Waals surface area contributed by atoms with Crippen LogP contribution in [0.1, 0.15) is 13.8 Å². The lowest BCUT2D eigenvalue weighted by molar-refractivity contribution is -0.126. The number of ether oxygens (including phenoxy) is 2. The fourth-order valence-corrected chi connectivity index (χ4v) is 1.53. The lowest BCUT2D eigenvalue weighted by Crippen LogP contribution is -2.26. The zero-order valence-corrected chi connectivity index (χ0v) is 10.5. The van der Waals surface area contributed by atoms with Crippen LogP contribution in [0.25, 0.3) is 0 Å². The summed E-state index contributed by atoms with van der Waals surface area (Å²) in [6.45, 7) is 5.79. The van der Waals surface area contributed by atoms with E-state index in [0.29, 0.717) is 19.8 Å². The van der Waals surface area contributed by atoms with Gasteiger partial charge >= 0.3 is 0 Å². The minimum atomic E-state index is -0.214. The Morgan fingerprint density at radius 3 is 2.50 bits per heavy atom. The highest BCUT2D eigenvalue weighted by atomic mass is 35.5. The highest BCUT2D eigenvalue weighted by Crippen LogP contribution is 2.14. The SMILES string of the molecule is CCOC(CNc1cccc(Cl)c1)OCC. The number of anilines is 1. The van der Waals surface area contributed by atoms with Crippen molar-refractivity contribution in [3.05, 3.63) is 29.3 Å². The minimum absolute atomic E-state index is 0.214. The van der Waals surface area contributed by atoms with Gasteiger partial charge in [0.1, 0.15) is 0 Å². The van der Waals surface area contributed by atoms with Gasteiger partial charge in [0, 0.05) is 23.9 Å². The second kappa shape index (κ2) is 7.49. The monoisotopic (exact) mass is 243 g/mol. The van der Waals surface area contributed by atoms with Crippen LogP contribution in [-0.4, -0.2) is 26.0 Å². The van der Waals surface area contributed by atoms with Gasteiger partial charge in [-0.05, 0) is 32.0 Å². The van der Waals surface area contributed by atoms with Gasteiger partial charge in [-0.2, -0.15) is 0 Å². The molecule has 0 radical (unpaired) electrons. The topological polar surface area (TPSA) is 30.5 Å². The van der Waals surface area contributed by atoms with Gasteiger partial charge < -0.3 is 14.8 Å². The molecule has 16 heavy (non-hydrogen) atoms. The second-order valence-electron chi connectivity index (χ2n) is 3.23. The number of hydrogen-bond donors (Lipinski definition) is 1. The Morgan fingerprint density at radius 2 is 1.94 bits per heavy atom. The van der Waals surface area contributed by atoms with Crippen LogP contribution in [0.5, 0.6) is 0 Å². The van der Waals surface area contributed by atoms with E-state index in [-0.39, 0.29) is 6.29 Å². The summed E-state index contributed by atoms with van der Waals surface area (Å²) in [5.74, 6) is 0. The molecule has 90 valence electrons. The van der Waals surface area contributed by atoms with Gasteiger partial charge in [-0.3, -0.25) is 0 Å². The normalized spacial score (nSPS) is 10.8. The van der Waals surface area contributed by atoms with E-state index < -0.39 is 0 Å². The van der Waals surface area contributed by atoms with Crippen LogP contribution < -0.4 is 5.32 Å². The quantitative estimate of drug-likeness (QED) is 0.747. The number of benzene rings is 1. The fraction of sp³-hybridized carbons (Fsp3) is 0.500. The Bertz CT molecular complexity index is 301. The first-order valence-electron chi connectivity index (χ1n) is 5.49. The van der Waals surface area contributed by atoms with Crippen molar-refractivity contribution in [3.8, 4) is 0 Å². The van der Waals surface area contributed by atoms with E-state index in [9.17, 15) is 0 Å². The largest absolute Gasteiger partial charge is 0.380 e. The maximum atomic E-state index is 5.88. The second-order valence-corrected chi connectivity index (χ2v) is 3.67. The summed E-state index contributed by atoms with van der Waals surface area (Å²) < 4.78 is 10.8. The molecule has 1 aromatic carbocycles. The molecule has 0 amide bonds. The van der Waals surface area contributed by atoms with Crippen LogP contribution in [-0.2, 0) is 9.47 Å². The Morgan fingerprint density at radius 1 is 1.25 bits per heavy atom. The average Bonchev–Trinajstić information content (AvgIpc) is 2.27. The van der Waals surface area contributed by atoms with E-state index >= 15 is 0 Å². The summed E-state index contributed by atoms with van der Waals surface area (Å²) in [6, 6.07) is 7.58. The molecule has 1 rings (SSSR count). The molecule has 0 bridgehead atoms. The van der Waals surface area contributed by atoms with Crippen molar-refractivity contribution >= 4 is 17.3 Å². The molecule has 0 atom stereocenters. The van der Waals surface area contributed by atoms with Crippen LogP contribution >= 0.6 is 11.6 Å². The molecular formula is C12H18ClNO2. The van der Waals surface area contributed by atoms with E-state index in [2.05, 4.69) is 5.32 Å². The van der Waals surface area contributed by atoms with Crippen molar-refractivity contribution in [2.75, 3.05) is 25.1 Å². The lowest BCUT2D eigenvalue weighted by Gasteiger charge is -2.18. The molecule has 0 fully saturated rings. The average molecular weight is 244 g/mol. The third-order valence-corrected chi connectivity index (χ3v) is 2.24. The van der Waals surface area contributed by atoms with Crippen molar-refractivity contribution in [2.45, 2.75) is 20.1 Å². The van der Waals surface area contributed by atoms with Crippen molar-refractivity contribution in [2.24, 2.45) is 0 Å². The lowest BCUT2D eigenvalue weighted by atomic mass is 10.3. The minimum Gasteiger partial charge on any atom is -0.380 e. The third-order valence-electron chi connectivity index (χ3n) is 2.00. The van der Waals surface area contributed by atoms with Crippen LogP contribution in [0.4, 0.5) is 5.69 Å². The van der Waals surface area contributed by atoms with Crippen LogP contribution in [0.2, 0.25) is 5.02 Å². The Hall–Kier alpha value is -0.770. The third kappa shape index (κ3) is 4.84. The molecule has 0 saturated carbocycles. The van der Waals surface area contributed by atoms with E-state index in [1.165, 1.54) is 0 Å². The Labute approximate surface area is 102 Å². The van der Waals surface area contributed by atoms with E-state index in [4.69, 9.17) is 21.1 Å². The Kier molecular flexibility index (Phi) is 6.23. The molecule has 0 heterocycles. The number of halogens is 1. The molecule has 0 aliphatic heterocycles. The molecule has 1 aromatic rings. The van der Waals surface area contributed by atoms with Crippen molar-refractivity contribution in [1.82, 2.24) is 0 Å². The van der Waals surface area contributed by atoms with Gasteiger partial charge in [0.05, 0.1) is 6.54 Å². The number of rotatable bonds is 7. The molecular weight excluding hydrogens is 226 g/mol. The van der Waals surface area contributed by atoms with Gasteiger partial charge in [-0.25, -0.2) is 0 Å². The summed E-state index contributed by atoms with van der Waals surface area (Å²) in [5.41, 5.74) is 0.969. The molecule has 0 aromatic heterocycles. The molecule has 1 N–H and O–H groups in total. The smallest absolute Gasteiger partial charge is 0.174 e. The highest BCUT2D eigenvalue weighted by Gasteiger charge is 2.06. The maximum Gasteiger partial charge on any atom is 0.174 e. The van der Waals surface area contributed by atoms with E-state index in [1.807, 2.05) is 38.1 Å². The summed E-state index contributed by atoms with van der Waals surface area (Å²) in [6.07, 6.45) is -0.214. The van der Waals surface area contributed by atoms with Crippen LogP contribution in [0.15, 0.2) is 24.3 Å². The summed E-state index contributed by atoms with van der Waals surface area (Å²) >= 11 is 5.88. The first-order chi connectivity index (χ1) is 7.76. The molecule has 4 heteroatoms. The molecule has 3 nitrogen and oxygen atoms in total. The van der Waals surface area contributed by atoms with Gasteiger partial charge in [0.15, 0.2) is 6.29 Å². The first-order valence-corrected chi connectivity index (χ1v) is 5.86. The van der Waals surface area contributed by atoms with E-state index in [0.717, 1.165) is 10.7 Å². The van der Waals surface area contributed by atoms with Gasteiger partial charge in [-0.15, -0.1) is 0 Å². The first kappa shape index (κ1) is 13.3. The van der Waals surface area contributed by atoms with E-state index in [1.54, 1.807) is 0 Å². The molecule has 0 unspecified atom stereocenters. The zero-order chi connectivity index (χ0) is 11.8. The molecule has 0 aliphatic carbocycles. The molecule has 0 spiro atoms. The summed E-state index contributed by atoms with van der Waals surface area (Å²) in [5, 5.41) is 3.94. The predicted molar refractivity (Wildman–Crippen MR) is 67.0 cm³/mol. The molecule has 0 aliphatic rings. The van der Waals surface area contributed by atoms with Gasteiger partial charge in [-0.1, -0.05) is 17.7 Å².